The van der Waals surface area contributed by atoms with E-state index in [1.165, 1.54) is 0 Å². The highest BCUT2D eigenvalue weighted by molar-refractivity contribution is 5.68. The van der Waals surface area contributed by atoms with E-state index in [-0.39, 0.29) is 6.42 Å². The molecule has 0 radical (unpaired) electrons. The van der Waals surface area contributed by atoms with E-state index in [1.54, 1.807) is 12.3 Å². The number of aryl methyl sites for hydroxylation is 1. The van der Waals surface area contributed by atoms with Crippen LogP contribution in [0.25, 0.3) is 22.5 Å². The van der Waals surface area contributed by atoms with Crippen LogP contribution in [0.2, 0.25) is 0 Å². The molecule has 2 aromatic heterocycles. The summed E-state index contributed by atoms with van der Waals surface area (Å²) in [6.45, 7) is -2.01. The molecule has 0 bridgehead atoms. The van der Waals surface area contributed by atoms with Crippen molar-refractivity contribution in [1.82, 2.24) is 9.97 Å². The minimum atomic E-state index is -2.01. The monoisotopic (exact) mass is 263 g/mol. The molecule has 0 atom stereocenters. The van der Waals surface area contributed by atoms with Gasteiger partial charge in [0, 0.05) is 27.1 Å². The molecule has 0 N–H and O–H groups in total. The minimum Gasteiger partial charge on any atom is -0.256 e. The standard InChI is InChI=1S/C18H16N2/c1-2-16-9-6-10-17(20-16)15-11-12-19-18(13-15)14-7-4-3-5-8-14/h3-13H,2H2,1H3/i1D3. The molecular weight excluding hydrogens is 244 g/mol. The number of aromatic nitrogens is 2. The fourth-order valence-corrected chi connectivity index (χ4v) is 2.10. The van der Waals surface area contributed by atoms with Gasteiger partial charge in [0.2, 0.25) is 0 Å². The third kappa shape index (κ3) is 2.59. The highest BCUT2D eigenvalue weighted by Gasteiger charge is 2.04. The van der Waals surface area contributed by atoms with E-state index >= 15 is 0 Å². The van der Waals surface area contributed by atoms with Crippen LogP contribution in [0.3, 0.4) is 0 Å². The normalized spacial score (nSPS) is 13.3. The van der Waals surface area contributed by atoms with Gasteiger partial charge in [-0.15, -0.1) is 0 Å². The van der Waals surface area contributed by atoms with E-state index in [4.69, 9.17) is 4.11 Å². The van der Waals surface area contributed by atoms with Crippen LogP contribution in [-0.4, -0.2) is 9.97 Å². The lowest BCUT2D eigenvalue weighted by Gasteiger charge is -2.06. The zero-order valence-electron chi connectivity index (χ0n) is 14.0. The molecule has 1 aromatic carbocycles. The van der Waals surface area contributed by atoms with Gasteiger partial charge in [-0.1, -0.05) is 43.3 Å². The van der Waals surface area contributed by atoms with Crippen molar-refractivity contribution < 1.29 is 4.11 Å². The van der Waals surface area contributed by atoms with Crippen LogP contribution in [0.5, 0.6) is 0 Å². The van der Waals surface area contributed by atoms with Gasteiger partial charge in [-0.25, -0.2) is 0 Å². The lowest BCUT2D eigenvalue weighted by atomic mass is 10.1. The van der Waals surface area contributed by atoms with E-state index in [2.05, 4.69) is 9.97 Å². The summed E-state index contributed by atoms with van der Waals surface area (Å²) in [4.78, 5) is 8.87. The lowest BCUT2D eigenvalue weighted by molar-refractivity contribution is 1.04. The Morgan fingerprint density at radius 1 is 0.900 bits per heavy atom. The van der Waals surface area contributed by atoms with Crippen LogP contribution in [-0.2, 0) is 6.42 Å². The minimum absolute atomic E-state index is 0.0303. The van der Waals surface area contributed by atoms with Gasteiger partial charge < -0.3 is 0 Å². The van der Waals surface area contributed by atoms with Crippen LogP contribution >= 0.6 is 0 Å². The summed E-state index contributed by atoms with van der Waals surface area (Å²) in [5.74, 6) is 0. The third-order valence-corrected chi connectivity index (χ3v) is 3.11. The van der Waals surface area contributed by atoms with E-state index in [9.17, 15) is 0 Å². The Morgan fingerprint density at radius 3 is 2.65 bits per heavy atom. The van der Waals surface area contributed by atoms with Crippen LogP contribution in [0.4, 0.5) is 0 Å². The van der Waals surface area contributed by atoms with Crippen molar-refractivity contribution in [3.8, 4) is 22.5 Å². The first-order chi connectivity index (χ1) is 11.0. The molecule has 20 heavy (non-hydrogen) atoms. The molecule has 0 aliphatic carbocycles. The number of benzene rings is 1. The van der Waals surface area contributed by atoms with Gasteiger partial charge in [-0.05, 0) is 30.7 Å². The fourth-order valence-electron chi connectivity index (χ4n) is 2.10. The number of nitrogens with zero attached hydrogens (tertiary/aromatic N) is 2. The molecule has 0 saturated heterocycles. The smallest absolute Gasteiger partial charge is 0.0708 e. The summed E-state index contributed by atoms with van der Waals surface area (Å²) >= 11 is 0. The maximum absolute atomic E-state index is 7.37. The Labute approximate surface area is 123 Å². The first-order valence-electron chi connectivity index (χ1n) is 7.99. The molecule has 0 unspecified atom stereocenters. The van der Waals surface area contributed by atoms with E-state index < -0.39 is 6.85 Å². The van der Waals surface area contributed by atoms with Crippen LogP contribution in [0.1, 0.15) is 16.7 Å². The van der Waals surface area contributed by atoms with Crippen molar-refractivity contribution in [2.24, 2.45) is 0 Å². The average molecular weight is 263 g/mol. The highest BCUT2D eigenvalue weighted by atomic mass is 14.7. The maximum atomic E-state index is 7.37. The van der Waals surface area contributed by atoms with Crippen LogP contribution in [0.15, 0.2) is 66.9 Å². The zero-order valence-corrected chi connectivity index (χ0v) is 11.0. The molecule has 0 amide bonds. The van der Waals surface area contributed by atoms with Gasteiger partial charge in [-0.2, -0.15) is 0 Å². The largest absolute Gasteiger partial charge is 0.256 e. The van der Waals surface area contributed by atoms with Gasteiger partial charge in [-0.3, -0.25) is 9.97 Å². The number of hydrogen-bond acceptors (Lipinski definition) is 2. The summed E-state index contributed by atoms with van der Waals surface area (Å²) in [7, 11) is 0. The second-order valence-electron chi connectivity index (χ2n) is 4.49. The summed E-state index contributed by atoms with van der Waals surface area (Å²) < 4.78 is 22.1. The van der Waals surface area contributed by atoms with Gasteiger partial charge in [0.05, 0.1) is 11.4 Å². The highest BCUT2D eigenvalue weighted by Crippen LogP contribution is 2.23. The Bertz CT molecular complexity index is 799. The van der Waals surface area contributed by atoms with Gasteiger partial charge in [0.1, 0.15) is 0 Å². The Hall–Kier alpha value is -2.48. The van der Waals surface area contributed by atoms with Gasteiger partial charge >= 0.3 is 0 Å². The molecule has 2 heteroatoms. The Balaban J connectivity index is 1.95. The lowest BCUT2D eigenvalue weighted by Crippen LogP contribution is -1.91. The van der Waals surface area contributed by atoms with Crippen LogP contribution < -0.4 is 0 Å². The molecule has 3 aromatic rings. The summed E-state index contributed by atoms with van der Waals surface area (Å²) in [6.07, 6.45) is 1.72. The molecule has 0 spiro atoms. The van der Waals surface area contributed by atoms with Gasteiger partial charge in [0.25, 0.3) is 0 Å². The van der Waals surface area contributed by atoms with Crippen LogP contribution in [0, 0.1) is 0 Å². The molecule has 0 aliphatic heterocycles. The van der Waals surface area contributed by atoms with Crippen molar-refractivity contribution in [1.29, 1.82) is 0 Å². The fraction of sp³-hybridized carbons (Fsp3) is 0.111. The summed E-state index contributed by atoms with van der Waals surface area (Å²) in [6, 6.07) is 19.2. The van der Waals surface area contributed by atoms with Crippen molar-refractivity contribution in [3.05, 3.63) is 72.6 Å². The Kier molecular flexibility index (Phi) is 2.67. The molecule has 2 nitrogen and oxygen atoms in total. The Morgan fingerprint density at radius 2 is 1.80 bits per heavy atom. The second-order valence-corrected chi connectivity index (χ2v) is 4.49. The maximum Gasteiger partial charge on any atom is 0.0708 e. The van der Waals surface area contributed by atoms with E-state index in [1.807, 2.05) is 54.6 Å². The predicted molar refractivity (Wildman–Crippen MR) is 82.3 cm³/mol. The van der Waals surface area contributed by atoms with E-state index in [0.29, 0.717) is 5.69 Å². The van der Waals surface area contributed by atoms with E-state index in [0.717, 1.165) is 22.5 Å². The van der Waals surface area contributed by atoms with Crippen molar-refractivity contribution in [2.75, 3.05) is 0 Å². The molecule has 2 heterocycles. The molecule has 0 aliphatic rings. The first-order valence-corrected chi connectivity index (χ1v) is 6.49. The number of hydrogen-bond donors (Lipinski definition) is 0. The molecule has 0 fully saturated rings. The summed E-state index contributed by atoms with van der Waals surface area (Å²) in [5, 5.41) is 0. The van der Waals surface area contributed by atoms with Crippen molar-refractivity contribution in [3.63, 3.8) is 0 Å². The first kappa shape index (κ1) is 9.43. The second kappa shape index (κ2) is 5.66. The summed E-state index contributed by atoms with van der Waals surface area (Å²) in [5.41, 5.74) is 4.15. The SMILES string of the molecule is [2H]C([2H])([2H])Cc1cccc(-c2ccnc(-c3ccccc3)c2)n1. The van der Waals surface area contributed by atoms with Crippen molar-refractivity contribution in [2.45, 2.75) is 13.3 Å². The average Bonchev–Trinajstić information content (AvgIpc) is 2.54. The quantitative estimate of drug-likeness (QED) is 0.701. The molecule has 98 valence electrons. The molecular formula is C18H16N2. The topological polar surface area (TPSA) is 25.8 Å². The predicted octanol–water partition coefficient (Wildman–Crippen LogP) is 4.37. The molecule has 3 rings (SSSR count). The third-order valence-electron chi connectivity index (χ3n) is 3.11. The molecule has 0 saturated carbocycles. The van der Waals surface area contributed by atoms with Gasteiger partial charge in [0.15, 0.2) is 0 Å². The number of pyridine rings is 2. The van der Waals surface area contributed by atoms with Crippen molar-refractivity contribution >= 4 is 0 Å². The number of rotatable bonds is 3. The zero-order chi connectivity index (χ0) is 16.3.